The van der Waals surface area contributed by atoms with E-state index in [-0.39, 0.29) is 23.5 Å². The average molecular weight is 318 g/mol. The lowest BCUT2D eigenvalue weighted by Crippen LogP contribution is -2.38. The number of likely N-dealkylation sites (tertiary alicyclic amines) is 1. The van der Waals surface area contributed by atoms with E-state index in [0.29, 0.717) is 37.0 Å². The fraction of sp³-hybridized carbons (Fsp3) is 0.667. The van der Waals surface area contributed by atoms with E-state index in [1.165, 1.54) is 0 Å². The molecule has 0 unspecified atom stereocenters. The molecule has 0 bridgehead atoms. The normalized spacial score (nSPS) is 25.8. The maximum Gasteiger partial charge on any atom is 0.263 e. The molecule has 23 heavy (non-hydrogen) atoms. The van der Waals surface area contributed by atoms with Gasteiger partial charge in [0.25, 0.3) is 11.5 Å². The lowest BCUT2D eigenvalue weighted by Gasteiger charge is -2.21. The van der Waals surface area contributed by atoms with Crippen LogP contribution in [-0.4, -0.2) is 40.2 Å². The quantitative estimate of drug-likeness (QED) is 0.898. The zero-order valence-electron chi connectivity index (χ0n) is 14.2. The Morgan fingerprint density at radius 1 is 1.48 bits per heavy atom. The van der Waals surface area contributed by atoms with E-state index in [0.717, 1.165) is 18.4 Å². The number of pyridine rings is 1. The molecule has 2 aliphatic rings. The van der Waals surface area contributed by atoms with Crippen molar-refractivity contribution < 1.29 is 9.90 Å². The van der Waals surface area contributed by atoms with Crippen molar-refractivity contribution in [1.29, 1.82) is 0 Å². The third-order valence-corrected chi connectivity index (χ3v) is 5.44. The molecule has 1 aliphatic carbocycles. The van der Waals surface area contributed by atoms with Crippen molar-refractivity contribution in [3.8, 4) is 0 Å². The molecule has 0 radical (unpaired) electrons. The molecule has 2 heterocycles. The average Bonchev–Trinajstić information content (AvgIpc) is 3.07. The van der Waals surface area contributed by atoms with Gasteiger partial charge in [-0.1, -0.05) is 13.8 Å². The van der Waals surface area contributed by atoms with Crippen molar-refractivity contribution in [2.75, 3.05) is 19.7 Å². The minimum atomic E-state index is -0.186. The fourth-order valence-corrected chi connectivity index (χ4v) is 3.65. The molecule has 1 saturated carbocycles. The van der Waals surface area contributed by atoms with E-state index in [2.05, 4.69) is 13.8 Å². The van der Waals surface area contributed by atoms with Crippen molar-refractivity contribution in [1.82, 2.24) is 9.47 Å². The first-order valence-electron chi connectivity index (χ1n) is 8.48. The van der Waals surface area contributed by atoms with Crippen LogP contribution in [-0.2, 0) is 6.54 Å². The van der Waals surface area contributed by atoms with Crippen LogP contribution in [0.5, 0.6) is 0 Å². The standard InChI is InChI=1S/C18H26N2O3/c1-12(2)4-6-19-7-5-13(3)15(16(19)22)17(23)20-9-14-8-18(14,10-20)11-21/h5,7,12,14,21H,4,6,8-11H2,1-3H3/t14-,18+/m1/s1. The Hall–Kier alpha value is -1.62. The van der Waals surface area contributed by atoms with E-state index in [1.807, 2.05) is 13.0 Å². The van der Waals surface area contributed by atoms with Gasteiger partial charge in [0, 0.05) is 31.2 Å². The highest BCUT2D eigenvalue weighted by Gasteiger charge is 2.60. The summed E-state index contributed by atoms with van der Waals surface area (Å²) >= 11 is 0. The first-order chi connectivity index (χ1) is 10.9. The Kier molecular flexibility index (Phi) is 4.08. The molecule has 1 aliphatic heterocycles. The Morgan fingerprint density at radius 3 is 2.83 bits per heavy atom. The number of aryl methyl sites for hydroxylation is 2. The fourth-order valence-electron chi connectivity index (χ4n) is 3.65. The molecule has 2 fully saturated rings. The number of aliphatic hydroxyl groups is 1. The lowest BCUT2D eigenvalue weighted by molar-refractivity contribution is 0.0748. The summed E-state index contributed by atoms with van der Waals surface area (Å²) in [5.74, 6) is 0.743. The van der Waals surface area contributed by atoms with Gasteiger partial charge in [-0.05, 0) is 43.2 Å². The smallest absolute Gasteiger partial charge is 0.263 e. The second-order valence-electron chi connectivity index (χ2n) is 7.66. The number of hydrogen-bond acceptors (Lipinski definition) is 3. The lowest BCUT2D eigenvalue weighted by atomic mass is 10.1. The van der Waals surface area contributed by atoms with Crippen molar-refractivity contribution in [3.63, 3.8) is 0 Å². The number of amides is 1. The molecule has 2 atom stereocenters. The summed E-state index contributed by atoms with van der Waals surface area (Å²) in [5, 5.41) is 9.51. The van der Waals surface area contributed by atoms with Gasteiger partial charge >= 0.3 is 0 Å². The summed E-state index contributed by atoms with van der Waals surface area (Å²) in [7, 11) is 0. The van der Waals surface area contributed by atoms with Crippen LogP contribution in [0.2, 0.25) is 0 Å². The molecule has 1 amide bonds. The number of aliphatic hydroxyl groups excluding tert-OH is 1. The molecular formula is C18H26N2O3. The Labute approximate surface area is 136 Å². The topological polar surface area (TPSA) is 62.5 Å². The Balaban J connectivity index is 1.83. The zero-order valence-corrected chi connectivity index (χ0v) is 14.2. The van der Waals surface area contributed by atoms with Gasteiger partial charge < -0.3 is 14.6 Å². The van der Waals surface area contributed by atoms with Crippen molar-refractivity contribution >= 4 is 5.91 Å². The SMILES string of the molecule is Cc1ccn(CCC(C)C)c(=O)c1C(=O)N1C[C@H]2C[C@@]2(CO)C1. The molecule has 1 saturated heterocycles. The van der Waals surface area contributed by atoms with Crippen LogP contribution in [0.3, 0.4) is 0 Å². The van der Waals surface area contributed by atoms with Crippen molar-refractivity contribution in [2.24, 2.45) is 17.3 Å². The van der Waals surface area contributed by atoms with Crippen LogP contribution in [0.15, 0.2) is 17.1 Å². The van der Waals surface area contributed by atoms with E-state index in [1.54, 1.807) is 15.7 Å². The number of nitrogens with zero attached hydrogens (tertiary/aromatic N) is 2. The third kappa shape index (κ3) is 2.82. The van der Waals surface area contributed by atoms with E-state index in [4.69, 9.17) is 0 Å². The highest BCUT2D eigenvalue weighted by molar-refractivity contribution is 5.95. The molecule has 5 heteroatoms. The summed E-state index contributed by atoms with van der Waals surface area (Å²) in [4.78, 5) is 27.3. The van der Waals surface area contributed by atoms with E-state index < -0.39 is 0 Å². The van der Waals surface area contributed by atoms with E-state index in [9.17, 15) is 14.7 Å². The number of hydrogen-bond donors (Lipinski definition) is 1. The number of fused-ring (bicyclic) bond motifs is 1. The van der Waals surface area contributed by atoms with Gasteiger partial charge in [-0.25, -0.2) is 0 Å². The number of carbonyl (C=O) groups is 1. The summed E-state index contributed by atoms with van der Waals surface area (Å²) in [6.45, 7) is 8.08. The molecule has 1 N–H and O–H groups in total. The predicted octanol–water partition coefficient (Wildman–Crippen LogP) is 1.66. The molecule has 0 aromatic carbocycles. The van der Waals surface area contributed by atoms with Crippen molar-refractivity contribution in [2.45, 2.75) is 40.2 Å². The molecular weight excluding hydrogens is 292 g/mol. The molecule has 3 rings (SSSR count). The van der Waals surface area contributed by atoms with Gasteiger partial charge in [-0.3, -0.25) is 9.59 Å². The second-order valence-corrected chi connectivity index (χ2v) is 7.66. The first-order valence-corrected chi connectivity index (χ1v) is 8.48. The highest BCUT2D eigenvalue weighted by Crippen LogP contribution is 2.57. The maximum absolute atomic E-state index is 12.8. The predicted molar refractivity (Wildman–Crippen MR) is 88.4 cm³/mol. The second kappa shape index (κ2) is 5.78. The molecule has 1 aromatic heterocycles. The Morgan fingerprint density at radius 2 is 2.22 bits per heavy atom. The number of piperidine rings is 1. The van der Waals surface area contributed by atoms with Gasteiger partial charge in [0.05, 0.1) is 6.61 Å². The molecule has 5 nitrogen and oxygen atoms in total. The minimum absolute atomic E-state index is 0.0883. The summed E-state index contributed by atoms with van der Waals surface area (Å²) in [6, 6.07) is 1.85. The zero-order chi connectivity index (χ0) is 16.8. The summed E-state index contributed by atoms with van der Waals surface area (Å²) in [5.41, 5.74) is 0.758. The van der Waals surface area contributed by atoms with Gasteiger partial charge in [0.15, 0.2) is 0 Å². The molecule has 1 aromatic rings. The first kappa shape index (κ1) is 16.2. The largest absolute Gasteiger partial charge is 0.396 e. The van der Waals surface area contributed by atoms with Gasteiger partial charge in [-0.15, -0.1) is 0 Å². The molecule has 126 valence electrons. The van der Waals surface area contributed by atoms with Crippen LogP contribution in [0.4, 0.5) is 0 Å². The van der Waals surface area contributed by atoms with E-state index >= 15 is 0 Å². The van der Waals surface area contributed by atoms with Crippen LogP contribution in [0.25, 0.3) is 0 Å². The minimum Gasteiger partial charge on any atom is -0.396 e. The monoisotopic (exact) mass is 318 g/mol. The highest BCUT2D eigenvalue weighted by atomic mass is 16.3. The maximum atomic E-state index is 12.8. The van der Waals surface area contributed by atoms with Crippen LogP contribution < -0.4 is 5.56 Å². The molecule has 0 spiro atoms. The summed E-state index contributed by atoms with van der Waals surface area (Å²) in [6.07, 6.45) is 3.70. The van der Waals surface area contributed by atoms with Gasteiger partial charge in [0.1, 0.15) is 5.56 Å². The van der Waals surface area contributed by atoms with Crippen LogP contribution in [0, 0.1) is 24.2 Å². The van der Waals surface area contributed by atoms with Crippen LogP contribution in [0.1, 0.15) is 42.6 Å². The van der Waals surface area contributed by atoms with Gasteiger partial charge in [0.2, 0.25) is 0 Å². The Bertz CT molecular complexity index is 675. The number of rotatable bonds is 5. The third-order valence-electron chi connectivity index (χ3n) is 5.44. The van der Waals surface area contributed by atoms with Crippen molar-refractivity contribution in [3.05, 3.63) is 33.7 Å². The number of carbonyl (C=O) groups excluding carboxylic acids is 1. The number of aromatic nitrogens is 1. The summed E-state index contributed by atoms with van der Waals surface area (Å²) < 4.78 is 1.65. The van der Waals surface area contributed by atoms with Crippen LogP contribution >= 0.6 is 0 Å². The van der Waals surface area contributed by atoms with Gasteiger partial charge in [-0.2, -0.15) is 0 Å².